The lowest BCUT2D eigenvalue weighted by molar-refractivity contribution is -0.148. The average molecular weight is 421 g/mol. The topological polar surface area (TPSA) is 61.3 Å². The van der Waals surface area contributed by atoms with Crippen LogP contribution in [-0.2, 0) is 27.5 Å². The van der Waals surface area contributed by atoms with Crippen molar-refractivity contribution < 1.29 is 31.8 Å². The molecule has 1 atom stereocenters. The molecule has 0 amide bonds. The summed E-state index contributed by atoms with van der Waals surface area (Å²) in [5.41, 5.74) is -1.54. The molecule has 10 heteroatoms. The third kappa shape index (κ3) is 4.59. The van der Waals surface area contributed by atoms with E-state index in [4.69, 9.17) is 16.3 Å². The molecule has 0 aliphatic rings. The van der Waals surface area contributed by atoms with E-state index in [1.807, 2.05) is 0 Å². The molecule has 2 aromatic rings. The summed E-state index contributed by atoms with van der Waals surface area (Å²) < 4.78 is 65.7. The Labute approximate surface area is 163 Å². The molecule has 152 valence electrons. The van der Waals surface area contributed by atoms with Crippen LogP contribution < -0.4 is 0 Å². The summed E-state index contributed by atoms with van der Waals surface area (Å²) in [6.45, 7) is 1.77. The Morgan fingerprint density at radius 1 is 1.00 bits per heavy atom. The zero-order valence-corrected chi connectivity index (χ0v) is 16.0. The number of carbonyl (C=O) groups is 1. The van der Waals surface area contributed by atoms with Gasteiger partial charge < -0.3 is 9.47 Å². The second-order valence-electron chi connectivity index (χ2n) is 6.26. The van der Waals surface area contributed by atoms with E-state index in [0.29, 0.717) is 5.56 Å². The summed E-state index contributed by atoms with van der Waals surface area (Å²) in [5.74, 6) is -8.50. The van der Waals surface area contributed by atoms with Crippen LogP contribution in [0.4, 0.5) is 17.6 Å². The van der Waals surface area contributed by atoms with Gasteiger partial charge in [-0.2, -0.15) is 0 Å². The zero-order valence-electron chi connectivity index (χ0n) is 15.2. The molecule has 0 aliphatic heterocycles. The average Bonchev–Trinajstić information content (AvgIpc) is 2.65. The van der Waals surface area contributed by atoms with Crippen molar-refractivity contribution >= 4 is 17.6 Å². The maximum atomic E-state index is 14.1. The number of hydrogen-bond acceptors (Lipinski definition) is 5. The molecule has 0 saturated carbocycles. The van der Waals surface area contributed by atoms with Gasteiger partial charge in [-0.3, -0.25) is 4.79 Å². The van der Waals surface area contributed by atoms with Gasteiger partial charge in [0.05, 0.1) is 23.7 Å². The fraction of sp³-hybridized carbons (Fsp3) is 0.389. The van der Waals surface area contributed by atoms with Gasteiger partial charge in [-0.1, -0.05) is 13.8 Å². The number of ether oxygens (including phenoxy) is 2. The second kappa shape index (κ2) is 9.29. The lowest BCUT2D eigenvalue weighted by Crippen LogP contribution is -2.22. The second-order valence-corrected chi connectivity index (χ2v) is 6.60. The molecule has 0 saturated heterocycles. The molecule has 1 unspecified atom stereocenters. The predicted molar refractivity (Wildman–Crippen MR) is 91.4 cm³/mol. The monoisotopic (exact) mass is 420 g/mol. The molecule has 1 aromatic heterocycles. The minimum absolute atomic E-state index is 0.0223. The van der Waals surface area contributed by atoms with Crippen LogP contribution >= 0.6 is 11.6 Å². The van der Waals surface area contributed by atoms with Gasteiger partial charge in [-0.05, 0) is 17.5 Å². The van der Waals surface area contributed by atoms with Crippen molar-refractivity contribution in [1.29, 1.82) is 0 Å². The summed E-state index contributed by atoms with van der Waals surface area (Å²) in [6.07, 6.45) is 2.64. The maximum absolute atomic E-state index is 14.1. The molecule has 2 rings (SSSR count). The Morgan fingerprint density at radius 3 is 1.89 bits per heavy atom. The van der Waals surface area contributed by atoms with Crippen LogP contribution in [0.25, 0.3) is 0 Å². The molecule has 1 aromatic carbocycles. The molecule has 0 aliphatic carbocycles. The molecule has 0 fully saturated rings. The van der Waals surface area contributed by atoms with Crippen LogP contribution in [-0.4, -0.2) is 23.0 Å². The van der Waals surface area contributed by atoms with Crippen molar-refractivity contribution in [3.63, 3.8) is 0 Å². The van der Waals surface area contributed by atoms with Crippen molar-refractivity contribution in [3.05, 3.63) is 57.6 Å². The van der Waals surface area contributed by atoms with Crippen LogP contribution in [0, 0.1) is 29.2 Å². The number of benzene rings is 1. The molecule has 1 heterocycles. The fourth-order valence-electron chi connectivity index (χ4n) is 2.63. The summed E-state index contributed by atoms with van der Waals surface area (Å²) in [7, 11) is 1.12. The van der Waals surface area contributed by atoms with Gasteiger partial charge in [0.1, 0.15) is 6.61 Å². The Kier molecular flexibility index (Phi) is 7.31. The highest BCUT2D eigenvalue weighted by molar-refractivity contribution is 6.28. The Bertz CT molecular complexity index is 834. The number of esters is 1. The van der Waals surface area contributed by atoms with Gasteiger partial charge in [0.25, 0.3) is 0 Å². The number of hydrogen-bond donors (Lipinski definition) is 0. The molecular weight excluding hydrogens is 404 g/mol. The largest absolute Gasteiger partial charge is 0.460 e. The smallest absolute Gasteiger partial charge is 0.314 e. The number of nitrogens with zero attached hydrogens (tertiary/aromatic N) is 2. The highest BCUT2D eigenvalue weighted by Crippen LogP contribution is 2.28. The minimum Gasteiger partial charge on any atom is -0.460 e. The van der Waals surface area contributed by atoms with E-state index in [9.17, 15) is 22.4 Å². The lowest BCUT2D eigenvalue weighted by Gasteiger charge is -2.20. The van der Waals surface area contributed by atoms with Gasteiger partial charge in [0, 0.05) is 25.1 Å². The predicted octanol–water partition coefficient (Wildman–Crippen LogP) is 4.32. The third-order valence-corrected chi connectivity index (χ3v) is 4.21. The Morgan fingerprint density at radius 2 is 1.46 bits per heavy atom. The minimum atomic E-state index is -1.64. The van der Waals surface area contributed by atoms with E-state index in [1.54, 1.807) is 13.8 Å². The summed E-state index contributed by atoms with van der Waals surface area (Å²) in [6, 6.07) is 0. The fourth-order valence-corrected chi connectivity index (χ4v) is 2.73. The Balaban J connectivity index is 2.27. The van der Waals surface area contributed by atoms with Crippen LogP contribution in [0.15, 0.2) is 12.4 Å². The first-order valence-electron chi connectivity index (χ1n) is 8.15. The van der Waals surface area contributed by atoms with E-state index >= 15 is 0 Å². The van der Waals surface area contributed by atoms with Gasteiger partial charge in [0.15, 0.2) is 23.3 Å². The molecule has 0 N–H and O–H groups in total. The SMILES string of the molecule is COCc1c(F)c(F)c(COC(=O)C(c2cnc(Cl)nc2)C(C)C)c(F)c1F. The number of rotatable bonds is 7. The van der Waals surface area contributed by atoms with Gasteiger partial charge >= 0.3 is 5.97 Å². The van der Waals surface area contributed by atoms with E-state index < -0.39 is 59.5 Å². The van der Waals surface area contributed by atoms with Crippen molar-refractivity contribution in [3.8, 4) is 0 Å². The summed E-state index contributed by atoms with van der Waals surface area (Å²) >= 11 is 5.61. The van der Waals surface area contributed by atoms with Crippen molar-refractivity contribution in [2.75, 3.05) is 7.11 Å². The Hall–Kier alpha value is -2.26. The van der Waals surface area contributed by atoms with Crippen molar-refractivity contribution in [1.82, 2.24) is 9.97 Å². The van der Waals surface area contributed by atoms with Crippen LogP contribution in [0.2, 0.25) is 5.28 Å². The standard InChI is InChI=1S/C18H17ClF4N2O3/c1-8(2)12(9-4-24-18(19)25-5-9)17(26)28-7-11-15(22)13(20)10(6-27-3)14(21)16(11)23/h4-5,8,12H,6-7H2,1-3H3. The van der Waals surface area contributed by atoms with Gasteiger partial charge in [-0.15, -0.1) is 0 Å². The summed E-state index contributed by atoms with van der Waals surface area (Å²) in [4.78, 5) is 20.0. The normalized spacial score (nSPS) is 12.3. The van der Waals surface area contributed by atoms with E-state index in [-0.39, 0.29) is 11.2 Å². The van der Waals surface area contributed by atoms with Crippen LogP contribution in [0.5, 0.6) is 0 Å². The molecular formula is C18H17ClF4N2O3. The van der Waals surface area contributed by atoms with Crippen molar-refractivity contribution in [2.24, 2.45) is 5.92 Å². The van der Waals surface area contributed by atoms with E-state index in [1.165, 1.54) is 12.4 Å². The quantitative estimate of drug-likeness (QED) is 0.289. The lowest BCUT2D eigenvalue weighted by atomic mass is 9.90. The number of aromatic nitrogens is 2. The maximum Gasteiger partial charge on any atom is 0.314 e. The first-order valence-corrected chi connectivity index (χ1v) is 8.53. The van der Waals surface area contributed by atoms with Gasteiger partial charge in [-0.25, -0.2) is 27.5 Å². The first kappa shape index (κ1) is 22.0. The molecule has 28 heavy (non-hydrogen) atoms. The molecule has 0 bridgehead atoms. The number of methoxy groups -OCH3 is 1. The number of carbonyl (C=O) groups excluding carboxylic acids is 1. The van der Waals surface area contributed by atoms with Gasteiger partial charge in [0.2, 0.25) is 5.28 Å². The first-order chi connectivity index (χ1) is 13.2. The molecule has 0 spiro atoms. The molecule has 5 nitrogen and oxygen atoms in total. The number of halogens is 5. The highest BCUT2D eigenvalue weighted by Gasteiger charge is 2.29. The zero-order chi connectivity index (χ0) is 21.0. The van der Waals surface area contributed by atoms with E-state index in [0.717, 1.165) is 7.11 Å². The highest BCUT2D eigenvalue weighted by atomic mass is 35.5. The third-order valence-electron chi connectivity index (χ3n) is 4.01. The van der Waals surface area contributed by atoms with E-state index in [2.05, 4.69) is 14.7 Å². The van der Waals surface area contributed by atoms with Crippen LogP contribution in [0.3, 0.4) is 0 Å². The van der Waals surface area contributed by atoms with Crippen molar-refractivity contribution in [2.45, 2.75) is 33.0 Å². The molecule has 0 radical (unpaired) electrons. The van der Waals surface area contributed by atoms with Crippen LogP contribution in [0.1, 0.15) is 36.5 Å². The summed E-state index contributed by atoms with van der Waals surface area (Å²) in [5, 5.41) is -0.0223.